The fourth-order valence-corrected chi connectivity index (χ4v) is 7.67. The van der Waals surface area contributed by atoms with Crippen molar-refractivity contribution in [1.29, 1.82) is 0 Å². The Morgan fingerprint density at radius 1 is 1.05 bits per heavy atom. The molecule has 1 saturated carbocycles. The molecule has 0 atom stereocenters. The van der Waals surface area contributed by atoms with E-state index in [1.807, 2.05) is 41.1 Å². The third kappa shape index (κ3) is 4.42. The second-order valence-electron chi connectivity index (χ2n) is 9.55. The highest BCUT2D eigenvalue weighted by Crippen LogP contribution is 2.41. The number of fused-ring (bicyclic) bond motifs is 1. The van der Waals surface area contributed by atoms with E-state index < -0.39 is 38.5 Å². The van der Waals surface area contributed by atoms with Crippen molar-refractivity contribution >= 4 is 48.2 Å². The highest BCUT2D eigenvalue weighted by Gasteiger charge is 2.41. The van der Waals surface area contributed by atoms with E-state index in [1.165, 1.54) is 4.31 Å². The first-order valence-corrected chi connectivity index (χ1v) is 15.0. The summed E-state index contributed by atoms with van der Waals surface area (Å²) in [4.78, 5) is 11.9. The fraction of sp³-hybridized carbons (Fsp3) is 0.269. The van der Waals surface area contributed by atoms with E-state index in [4.69, 9.17) is 4.74 Å². The number of hydrogen-bond acceptors (Lipinski definition) is 6. The molecule has 2 aliphatic heterocycles. The van der Waals surface area contributed by atoms with Gasteiger partial charge in [-0.3, -0.25) is 4.79 Å². The van der Waals surface area contributed by atoms with Crippen molar-refractivity contribution in [3.8, 4) is 5.75 Å². The molecule has 38 heavy (non-hydrogen) atoms. The maximum atomic E-state index is 16.2. The van der Waals surface area contributed by atoms with Crippen molar-refractivity contribution in [2.45, 2.75) is 24.7 Å². The van der Waals surface area contributed by atoms with E-state index in [1.54, 1.807) is 24.3 Å². The third-order valence-corrected chi connectivity index (χ3v) is 10.6. The maximum absolute atomic E-state index is 16.2. The van der Waals surface area contributed by atoms with Gasteiger partial charge in [0, 0.05) is 18.5 Å². The van der Waals surface area contributed by atoms with Crippen molar-refractivity contribution in [3.63, 3.8) is 0 Å². The standard InChI is InChI=1S/C26H24FN3O6S2/c27-25-22-12-18(20-10-11-29(14-20)37(32,33)21-8-9-21)6-7-19(22)13-23(36-16-17-4-2-1-3-5-17)26(25)30-15-24(31)28-38(30,34)35/h1-7,10,12-13,21H,8-9,11,14-16H2,(H,28,31). The lowest BCUT2D eigenvalue weighted by Gasteiger charge is -2.21. The Morgan fingerprint density at radius 2 is 1.82 bits per heavy atom. The first-order chi connectivity index (χ1) is 18.1. The van der Waals surface area contributed by atoms with Crippen LogP contribution < -0.4 is 13.8 Å². The molecule has 0 aromatic heterocycles. The van der Waals surface area contributed by atoms with E-state index in [-0.39, 0.29) is 41.8 Å². The van der Waals surface area contributed by atoms with Crippen LogP contribution in [0.25, 0.3) is 16.3 Å². The molecule has 3 aromatic carbocycles. The summed E-state index contributed by atoms with van der Waals surface area (Å²) in [5.41, 5.74) is 1.81. The third-order valence-electron chi connectivity index (χ3n) is 6.89. The van der Waals surface area contributed by atoms with Crippen molar-refractivity contribution < 1.29 is 30.8 Å². The van der Waals surface area contributed by atoms with Crippen molar-refractivity contribution in [3.05, 3.63) is 77.6 Å². The minimum atomic E-state index is -4.31. The molecule has 0 spiro atoms. The van der Waals surface area contributed by atoms with Gasteiger partial charge in [-0.1, -0.05) is 48.5 Å². The van der Waals surface area contributed by atoms with Crippen LogP contribution in [0, 0.1) is 5.82 Å². The number of nitrogens with one attached hydrogen (secondary N) is 1. The molecule has 1 saturated heterocycles. The number of carbonyl (C=O) groups is 1. The van der Waals surface area contributed by atoms with E-state index in [0.29, 0.717) is 28.1 Å². The Morgan fingerprint density at radius 3 is 2.50 bits per heavy atom. The van der Waals surface area contributed by atoms with Gasteiger partial charge in [-0.25, -0.2) is 21.8 Å². The number of nitrogens with zero attached hydrogens (tertiary/aromatic N) is 2. The molecule has 12 heteroatoms. The predicted octanol–water partition coefficient (Wildman–Crippen LogP) is 2.93. The summed E-state index contributed by atoms with van der Waals surface area (Å²) < 4.78 is 76.6. The lowest BCUT2D eigenvalue weighted by atomic mass is 10.0. The monoisotopic (exact) mass is 557 g/mol. The van der Waals surface area contributed by atoms with Crippen LogP contribution in [-0.2, 0) is 31.6 Å². The molecule has 9 nitrogen and oxygen atoms in total. The molecule has 198 valence electrons. The zero-order valence-corrected chi connectivity index (χ0v) is 21.8. The van der Waals surface area contributed by atoms with Gasteiger partial charge in [0.15, 0.2) is 5.82 Å². The average Bonchev–Trinajstić information content (AvgIpc) is 3.57. The summed E-state index contributed by atoms with van der Waals surface area (Å²) in [5, 5.41) is 0.276. The molecule has 0 unspecified atom stereocenters. The van der Waals surface area contributed by atoms with Crippen molar-refractivity contribution in [1.82, 2.24) is 9.03 Å². The molecule has 0 bridgehead atoms. The summed E-state index contributed by atoms with van der Waals surface area (Å²) in [6, 6.07) is 15.7. The van der Waals surface area contributed by atoms with E-state index >= 15 is 4.39 Å². The van der Waals surface area contributed by atoms with E-state index in [9.17, 15) is 21.6 Å². The minimum absolute atomic E-state index is 0.0199. The van der Waals surface area contributed by atoms with Gasteiger partial charge in [0.05, 0.1) is 5.25 Å². The Balaban J connectivity index is 1.40. The van der Waals surface area contributed by atoms with E-state index in [2.05, 4.69) is 0 Å². The zero-order chi connectivity index (χ0) is 26.7. The fourth-order valence-electron chi connectivity index (χ4n) is 4.75. The Bertz CT molecular complexity index is 1700. The number of rotatable bonds is 7. The average molecular weight is 558 g/mol. The van der Waals surface area contributed by atoms with Gasteiger partial charge < -0.3 is 4.74 Å². The SMILES string of the molecule is O=C1CN(c2c(OCc3ccccc3)cc3ccc(C4=CCN(S(=O)(=O)C5CC5)C4)cc3c2F)S(=O)(=O)N1. The van der Waals surface area contributed by atoms with E-state index in [0.717, 1.165) is 11.1 Å². The van der Waals surface area contributed by atoms with Gasteiger partial charge >= 0.3 is 10.2 Å². The number of carbonyl (C=O) groups excluding carboxylic acids is 1. The Kier molecular flexibility index (Phi) is 5.93. The molecular formula is C26H24FN3O6S2. The van der Waals surface area contributed by atoms with Gasteiger partial charge in [0.1, 0.15) is 24.6 Å². The van der Waals surface area contributed by atoms with Gasteiger partial charge in [-0.2, -0.15) is 12.7 Å². The van der Waals surface area contributed by atoms with Gasteiger partial charge in [-0.15, -0.1) is 0 Å². The van der Waals surface area contributed by atoms with Gasteiger partial charge in [-0.05, 0) is 47.1 Å². The molecule has 2 heterocycles. The first-order valence-electron chi connectivity index (χ1n) is 12.1. The molecule has 3 aliphatic rings. The maximum Gasteiger partial charge on any atom is 0.326 e. The second kappa shape index (κ2) is 9.07. The summed E-state index contributed by atoms with van der Waals surface area (Å²) >= 11 is 0. The summed E-state index contributed by atoms with van der Waals surface area (Å²) in [6.07, 6.45) is 3.15. The zero-order valence-electron chi connectivity index (χ0n) is 20.1. The van der Waals surface area contributed by atoms with Crippen LogP contribution in [0.3, 0.4) is 0 Å². The van der Waals surface area contributed by atoms with Gasteiger partial charge in [0.2, 0.25) is 10.0 Å². The summed E-state index contributed by atoms with van der Waals surface area (Å²) in [6.45, 7) is -0.0718. The molecule has 0 radical (unpaired) electrons. The lowest BCUT2D eigenvalue weighted by Crippen LogP contribution is -2.31. The van der Waals surface area contributed by atoms with Crippen molar-refractivity contribution in [2.24, 2.45) is 0 Å². The Labute approximate surface area is 219 Å². The molecule has 3 aromatic rings. The number of ether oxygens (including phenoxy) is 1. The number of hydrogen-bond donors (Lipinski definition) is 1. The highest BCUT2D eigenvalue weighted by molar-refractivity contribution is 7.92. The molecule has 1 amide bonds. The smallest absolute Gasteiger partial charge is 0.326 e. The largest absolute Gasteiger partial charge is 0.487 e. The minimum Gasteiger partial charge on any atom is -0.487 e. The van der Waals surface area contributed by atoms with Crippen LogP contribution in [0.4, 0.5) is 10.1 Å². The van der Waals surface area contributed by atoms with Crippen LogP contribution in [0.15, 0.2) is 60.7 Å². The number of amides is 1. The van der Waals surface area contributed by atoms with Crippen LogP contribution in [-0.4, -0.2) is 51.9 Å². The van der Waals surface area contributed by atoms with Crippen LogP contribution in [0.5, 0.6) is 5.75 Å². The number of halogens is 1. The molecule has 6 rings (SSSR count). The van der Waals surface area contributed by atoms with Gasteiger partial charge in [0.25, 0.3) is 5.91 Å². The highest BCUT2D eigenvalue weighted by atomic mass is 32.2. The lowest BCUT2D eigenvalue weighted by molar-refractivity contribution is -0.117. The first kappa shape index (κ1) is 24.8. The van der Waals surface area contributed by atoms with Crippen LogP contribution in [0.2, 0.25) is 0 Å². The number of anilines is 1. The van der Waals surface area contributed by atoms with Crippen molar-refractivity contribution in [2.75, 3.05) is 23.9 Å². The molecule has 1 N–H and O–H groups in total. The Hall–Kier alpha value is -3.48. The topological polar surface area (TPSA) is 113 Å². The van der Waals surface area contributed by atoms with Crippen LogP contribution in [0.1, 0.15) is 24.0 Å². The molecular weight excluding hydrogens is 533 g/mol. The normalized spacial score (nSPS) is 19.6. The molecule has 2 fully saturated rings. The number of benzene rings is 3. The summed E-state index contributed by atoms with van der Waals surface area (Å²) in [5.74, 6) is -1.65. The van der Waals surface area contributed by atoms with Crippen LogP contribution >= 0.6 is 0 Å². The molecule has 1 aliphatic carbocycles. The predicted molar refractivity (Wildman–Crippen MR) is 141 cm³/mol. The second-order valence-corrected chi connectivity index (χ2v) is 13.4. The number of sulfonamides is 1. The summed E-state index contributed by atoms with van der Waals surface area (Å²) in [7, 11) is -7.66. The quantitative estimate of drug-likeness (QED) is 0.478.